The fraction of sp³-hybridized carbons (Fsp3) is 0.381. The molecule has 2 heterocycles. The first kappa shape index (κ1) is 21.9. The molecule has 9 heteroatoms. The minimum absolute atomic E-state index is 0.174. The van der Waals surface area contributed by atoms with Gasteiger partial charge in [-0.2, -0.15) is 0 Å². The average Bonchev–Trinajstić information content (AvgIpc) is 3.04. The van der Waals surface area contributed by atoms with E-state index in [-0.39, 0.29) is 17.0 Å². The molecular weight excluding hydrogens is 400 g/mol. The third-order valence-electron chi connectivity index (χ3n) is 4.56. The molecule has 0 fully saturated rings. The molecule has 0 atom stereocenters. The second kappa shape index (κ2) is 8.53. The summed E-state index contributed by atoms with van der Waals surface area (Å²) in [6, 6.07) is 6.86. The first-order valence-electron chi connectivity index (χ1n) is 9.85. The minimum Gasteiger partial charge on any atom is -0.324 e. The Kier molecular flexibility index (Phi) is 6.23. The van der Waals surface area contributed by atoms with Crippen LogP contribution in [-0.4, -0.2) is 34.0 Å². The van der Waals surface area contributed by atoms with Crippen molar-refractivity contribution in [2.75, 3.05) is 5.32 Å². The van der Waals surface area contributed by atoms with E-state index in [0.717, 1.165) is 28.5 Å². The summed E-state index contributed by atoms with van der Waals surface area (Å²) < 4.78 is 29.5. The normalized spacial score (nSPS) is 12.0. The summed E-state index contributed by atoms with van der Waals surface area (Å²) in [5, 5.41) is 3.19. The van der Waals surface area contributed by atoms with Gasteiger partial charge >= 0.3 is 0 Å². The lowest BCUT2D eigenvalue weighted by Crippen LogP contribution is -2.30. The van der Waals surface area contributed by atoms with Crippen LogP contribution >= 0.6 is 0 Å². The van der Waals surface area contributed by atoms with Gasteiger partial charge in [0.2, 0.25) is 16.0 Å². The molecule has 0 saturated carbocycles. The molecule has 1 aromatic carbocycles. The SMILES string of the molecule is Cc1cc(S(=O)(=O)NC(C)C)ccc1Nc1nccc(-c2cnc(C)n2C(C)C)n1. The van der Waals surface area contributed by atoms with E-state index in [1.165, 1.54) is 0 Å². The predicted molar refractivity (Wildman–Crippen MR) is 118 cm³/mol. The van der Waals surface area contributed by atoms with E-state index in [2.05, 4.69) is 43.4 Å². The van der Waals surface area contributed by atoms with Crippen LogP contribution in [0.5, 0.6) is 0 Å². The number of sulfonamides is 1. The standard InChI is InChI=1S/C21H28N6O2S/c1-13(2)26-30(28,29)17-7-8-18(15(5)11-17)24-21-22-10-9-19(25-21)20-12-23-16(6)27(20)14(3)4/h7-14,26H,1-6H3,(H,22,24,25). The zero-order valence-corrected chi connectivity index (χ0v) is 18.9. The van der Waals surface area contributed by atoms with Gasteiger partial charge in [-0.15, -0.1) is 0 Å². The van der Waals surface area contributed by atoms with Gasteiger partial charge in [0, 0.05) is 24.0 Å². The topological polar surface area (TPSA) is 102 Å². The van der Waals surface area contributed by atoms with Crippen molar-refractivity contribution in [2.24, 2.45) is 0 Å². The van der Waals surface area contributed by atoms with Gasteiger partial charge in [0.1, 0.15) is 5.82 Å². The Bertz CT molecular complexity index is 1150. The van der Waals surface area contributed by atoms with Crippen molar-refractivity contribution >= 4 is 21.7 Å². The summed E-state index contributed by atoms with van der Waals surface area (Å²) in [7, 11) is -3.54. The van der Waals surface area contributed by atoms with Gasteiger partial charge in [-0.1, -0.05) is 0 Å². The average molecular weight is 429 g/mol. The zero-order valence-electron chi connectivity index (χ0n) is 18.1. The molecule has 8 nitrogen and oxygen atoms in total. The summed E-state index contributed by atoms with van der Waals surface area (Å²) in [5.41, 5.74) is 3.20. The third kappa shape index (κ3) is 4.68. The van der Waals surface area contributed by atoms with Crippen molar-refractivity contribution in [1.82, 2.24) is 24.2 Å². The monoisotopic (exact) mass is 428 g/mol. The van der Waals surface area contributed by atoms with Crippen LogP contribution in [-0.2, 0) is 10.0 Å². The van der Waals surface area contributed by atoms with Crippen molar-refractivity contribution in [3.63, 3.8) is 0 Å². The molecule has 0 radical (unpaired) electrons. The van der Waals surface area contributed by atoms with E-state index < -0.39 is 10.0 Å². The summed E-state index contributed by atoms with van der Waals surface area (Å²) in [5.74, 6) is 1.36. The number of aryl methyl sites for hydroxylation is 2. The Hall–Kier alpha value is -2.78. The Morgan fingerprint density at radius 2 is 1.77 bits per heavy atom. The fourth-order valence-electron chi connectivity index (χ4n) is 3.30. The van der Waals surface area contributed by atoms with Gasteiger partial charge in [0.05, 0.1) is 22.5 Å². The first-order valence-corrected chi connectivity index (χ1v) is 11.3. The fourth-order valence-corrected chi connectivity index (χ4v) is 4.63. The van der Waals surface area contributed by atoms with Crippen molar-refractivity contribution in [3.8, 4) is 11.4 Å². The minimum atomic E-state index is -3.54. The summed E-state index contributed by atoms with van der Waals surface area (Å²) in [4.78, 5) is 13.6. The lowest BCUT2D eigenvalue weighted by atomic mass is 10.2. The first-order chi connectivity index (χ1) is 14.1. The van der Waals surface area contributed by atoms with Crippen LogP contribution in [0.25, 0.3) is 11.4 Å². The van der Waals surface area contributed by atoms with Crippen molar-refractivity contribution < 1.29 is 8.42 Å². The summed E-state index contributed by atoms with van der Waals surface area (Å²) in [6.45, 7) is 11.6. The van der Waals surface area contributed by atoms with Crippen molar-refractivity contribution in [1.29, 1.82) is 0 Å². The van der Waals surface area contributed by atoms with Crippen molar-refractivity contribution in [2.45, 2.75) is 58.5 Å². The maximum Gasteiger partial charge on any atom is 0.240 e. The molecule has 3 rings (SSSR count). The highest BCUT2D eigenvalue weighted by molar-refractivity contribution is 7.89. The largest absolute Gasteiger partial charge is 0.324 e. The molecule has 0 bridgehead atoms. The van der Waals surface area contributed by atoms with E-state index in [4.69, 9.17) is 0 Å². The molecule has 160 valence electrons. The highest BCUT2D eigenvalue weighted by atomic mass is 32.2. The van der Waals surface area contributed by atoms with Gasteiger partial charge in [0.15, 0.2) is 0 Å². The second-order valence-corrected chi connectivity index (χ2v) is 9.51. The van der Waals surface area contributed by atoms with Crippen molar-refractivity contribution in [3.05, 3.63) is 48.0 Å². The highest BCUT2D eigenvalue weighted by Crippen LogP contribution is 2.26. The van der Waals surface area contributed by atoms with E-state index in [1.807, 2.05) is 26.1 Å². The number of hydrogen-bond donors (Lipinski definition) is 2. The summed E-state index contributed by atoms with van der Waals surface area (Å²) >= 11 is 0. The van der Waals surface area contributed by atoms with Crippen LogP contribution in [0, 0.1) is 13.8 Å². The molecule has 3 aromatic rings. The van der Waals surface area contributed by atoms with E-state index in [9.17, 15) is 8.42 Å². The Balaban J connectivity index is 1.89. The van der Waals surface area contributed by atoms with Gasteiger partial charge in [-0.05, 0) is 71.4 Å². The number of nitrogens with one attached hydrogen (secondary N) is 2. The van der Waals surface area contributed by atoms with Crippen LogP contribution in [0.2, 0.25) is 0 Å². The van der Waals surface area contributed by atoms with Crippen LogP contribution < -0.4 is 10.0 Å². The molecule has 0 unspecified atom stereocenters. The number of imidazole rings is 1. The smallest absolute Gasteiger partial charge is 0.240 e. The lowest BCUT2D eigenvalue weighted by molar-refractivity contribution is 0.570. The molecule has 2 N–H and O–H groups in total. The Morgan fingerprint density at radius 3 is 2.40 bits per heavy atom. The van der Waals surface area contributed by atoms with E-state index in [1.54, 1.807) is 38.2 Å². The lowest BCUT2D eigenvalue weighted by Gasteiger charge is -2.15. The van der Waals surface area contributed by atoms with Crippen LogP contribution in [0.4, 0.5) is 11.6 Å². The van der Waals surface area contributed by atoms with Crippen LogP contribution in [0.3, 0.4) is 0 Å². The highest BCUT2D eigenvalue weighted by Gasteiger charge is 2.17. The number of benzene rings is 1. The maximum absolute atomic E-state index is 12.4. The van der Waals surface area contributed by atoms with E-state index in [0.29, 0.717) is 5.95 Å². The van der Waals surface area contributed by atoms with Crippen LogP contribution in [0.15, 0.2) is 41.6 Å². The third-order valence-corrected chi connectivity index (χ3v) is 6.22. The predicted octanol–water partition coefficient (Wildman–Crippen LogP) is 3.97. The summed E-state index contributed by atoms with van der Waals surface area (Å²) in [6.07, 6.45) is 3.51. The quantitative estimate of drug-likeness (QED) is 0.590. The number of rotatable bonds is 7. The zero-order chi connectivity index (χ0) is 22.1. The molecule has 2 aromatic heterocycles. The molecule has 0 aliphatic heterocycles. The number of nitrogens with zero attached hydrogens (tertiary/aromatic N) is 4. The number of aromatic nitrogens is 4. The molecule has 30 heavy (non-hydrogen) atoms. The maximum atomic E-state index is 12.4. The number of anilines is 2. The molecular formula is C21H28N6O2S. The van der Waals surface area contributed by atoms with Crippen LogP contribution in [0.1, 0.15) is 45.1 Å². The molecule has 0 aliphatic rings. The molecule has 0 saturated heterocycles. The Labute approximate surface area is 177 Å². The van der Waals surface area contributed by atoms with Gasteiger partial charge in [-0.25, -0.2) is 28.1 Å². The van der Waals surface area contributed by atoms with Gasteiger partial charge in [0.25, 0.3) is 0 Å². The molecule has 0 spiro atoms. The molecule has 0 aliphatic carbocycles. The van der Waals surface area contributed by atoms with Gasteiger partial charge < -0.3 is 9.88 Å². The van der Waals surface area contributed by atoms with Gasteiger partial charge in [-0.3, -0.25) is 0 Å². The number of hydrogen-bond acceptors (Lipinski definition) is 6. The second-order valence-electron chi connectivity index (χ2n) is 7.80. The molecule has 0 amide bonds. The van der Waals surface area contributed by atoms with E-state index >= 15 is 0 Å². The Morgan fingerprint density at radius 1 is 1.03 bits per heavy atom.